The molecule has 1 saturated heterocycles. The number of likely N-dealkylation sites (N-methyl/N-ethyl adjacent to an activating group) is 1. The maximum absolute atomic E-state index is 5.78. The van der Waals surface area contributed by atoms with Gasteiger partial charge in [0, 0.05) is 31.5 Å². The number of fused-ring (bicyclic) bond motifs is 1. The SMILES string of the molecule is CN(C)CCOc1ccc(Nc2ncc3nc([SH]4C=CC=C4)n(C4CCOCC4)c3n2)cc1. The van der Waals surface area contributed by atoms with Gasteiger partial charge in [-0.05, 0) is 62.0 Å². The first-order valence-corrected chi connectivity index (χ1v) is 12.8. The van der Waals surface area contributed by atoms with Crippen LogP contribution in [0.3, 0.4) is 0 Å². The van der Waals surface area contributed by atoms with E-state index in [0.29, 0.717) is 18.6 Å². The van der Waals surface area contributed by atoms with Crippen LogP contribution < -0.4 is 10.1 Å². The predicted molar refractivity (Wildman–Crippen MR) is 134 cm³/mol. The number of aromatic nitrogens is 4. The maximum atomic E-state index is 5.78. The van der Waals surface area contributed by atoms with Gasteiger partial charge in [-0.25, -0.2) is 9.97 Å². The Kier molecular flexibility index (Phi) is 6.61. The van der Waals surface area contributed by atoms with E-state index in [1.54, 1.807) is 0 Å². The molecule has 2 aliphatic rings. The van der Waals surface area contributed by atoms with Crippen molar-refractivity contribution in [3.63, 3.8) is 0 Å². The molecular formula is C24H30N6O2S. The first kappa shape index (κ1) is 21.9. The minimum absolute atomic E-state index is 0.338. The quantitative estimate of drug-likeness (QED) is 0.480. The first-order chi connectivity index (χ1) is 16.2. The summed E-state index contributed by atoms with van der Waals surface area (Å²) in [7, 11) is 3.51. The van der Waals surface area contributed by atoms with Gasteiger partial charge in [0.05, 0.1) is 6.20 Å². The van der Waals surface area contributed by atoms with Crippen LogP contribution in [-0.4, -0.2) is 64.9 Å². The molecule has 2 aromatic heterocycles. The number of hydrogen-bond donors (Lipinski definition) is 2. The second-order valence-corrected chi connectivity index (χ2v) is 10.2. The van der Waals surface area contributed by atoms with E-state index in [-0.39, 0.29) is 0 Å². The number of imidazole rings is 1. The van der Waals surface area contributed by atoms with Crippen molar-refractivity contribution >= 4 is 33.7 Å². The van der Waals surface area contributed by atoms with Crippen LogP contribution in [0.25, 0.3) is 11.2 Å². The van der Waals surface area contributed by atoms with Crippen molar-refractivity contribution in [3.05, 3.63) is 53.4 Å². The molecule has 3 aromatic rings. The lowest BCUT2D eigenvalue weighted by atomic mass is 10.1. The largest absolute Gasteiger partial charge is 0.492 e. The number of hydrogen-bond acceptors (Lipinski definition) is 7. The Hall–Kier alpha value is -2.88. The lowest BCUT2D eigenvalue weighted by Gasteiger charge is -2.26. The lowest BCUT2D eigenvalue weighted by Crippen LogP contribution is -2.20. The van der Waals surface area contributed by atoms with Gasteiger partial charge in [0.15, 0.2) is 10.8 Å². The average molecular weight is 467 g/mol. The highest BCUT2D eigenvalue weighted by molar-refractivity contribution is 8.22. The van der Waals surface area contributed by atoms with Gasteiger partial charge < -0.3 is 24.3 Å². The fraction of sp³-hybridized carbons (Fsp3) is 0.375. The Labute approximate surface area is 196 Å². The van der Waals surface area contributed by atoms with Crippen molar-refractivity contribution in [1.29, 1.82) is 0 Å². The fourth-order valence-electron chi connectivity index (χ4n) is 3.98. The summed E-state index contributed by atoms with van der Waals surface area (Å²) in [6.45, 7) is 3.08. The standard InChI is InChI=1S/C24H30N6O2S/c1-29(2)11-14-32-20-7-5-18(6-8-20)26-23-25-17-21-22(28-23)30(19-9-12-31-13-10-19)24(27-21)33-15-3-4-16-33/h3-8,15-17,19,33H,9-14H2,1-2H3,(H,25,26,28). The smallest absolute Gasteiger partial charge is 0.229 e. The maximum Gasteiger partial charge on any atom is 0.229 e. The second-order valence-electron chi connectivity index (χ2n) is 8.42. The van der Waals surface area contributed by atoms with Crippen LogP contribution in [0.5, 0.6) is 5.75 Å². The van der Waals surface area contributed by atoms with E-state index in [9.17, 15) is 0 Å². The van der Waals surface area contributed by atoms with Gasteiger partial charge >= 0.3 is 0 Å². The normalized spacial score (nSPS) is 17.4. The molecule has 0 amide bonds. The van der Waals surface area contributed by atoms with Gasteiger partial charge in [-0.2, -0.15) is 15.9 Å². The van der Waals surface area contributed by atoms with E-state index < -0.39 is 10.9 Å². The van der Waals surface area contributed by atoms with Gasteiger partial charge in [0.2, 0.25) is 5.95 Å². The molecule has 9 heteroatoms. The molecule has 1 fully saturated rings. The molecule has 2 aliphatic heterocycles. The number of thiol groups is 1. The monoisotopic (exact) mass is 466 g/mol. The zero-order valence-electron chi connectivity index (χ0n) is 19.0. The van der Waals surface area contributed by atoms with Crippen LogP contribution in [0.4, 0.5) is 11.6 Å². The first-order valence-electron chi connectivity index (χ1n) is 11.3. The van der Waals surface area contributed by atoms with Crippen LogP contribution in [-0.2, 0) is 4.74 Å². The second kappa shape index (κ2) is 9.94. The fourth-order valence-corrected chi connectivity index (χ4v) is 5.64. The molecule has 1 aromatic carbocycles. The van der Waals surface area contributed by atoms with Crippen molar-refractivity contribution < 1.29 is 9.47 Å². The summed E-state index contributed by atoms with van der Waals surface area (Å²) in [5.41, 5.74) is 2.63. The van der Waals surface area contributed by atoms with E-state index in [2.05, 4.69) is 42.7 Å². The Morgan fingerprint density at radius 2 is 1.88 bits per heavy atom. The van der Waals surface area contributed by atoms with Crippen LogP contribution >= 0.6 is 10.9 Å². The average Bonchev–Trinajstić information content (AvgIpc) is 3.48. The third-order valence-electron chi connectivity index (χ3n) is 5.72. The summed E-state index contributed by atoms with van der Waals surface area (Å²) in [5, 5.41) is 8.89. The number of nitrogens with zero attached hydrogens (tertiary/aromatic N) is 5. The Morgan fingerprint density at radius 1 is 1.12 bits per heavy atom. The van der Waals surface area contributed by atoms with Crippen LogP contribution in [0, 0.1) is 0 Å². The molecule has 4 heterocycles. The van der Waals surface area contributed by atoms with Crippen LogP contribution in [0.1, 0.15) is 18.9 Å². The Bertz CT molecular complexity index is 1140. The van der Waals surface area contributed by atoms with E-state index in [1.165, 1.54) is 0 Å². The van der Waals surface area contributed by atoms with Crippen molar-refractivity contribution in [2.45, 2.75) is 24.0 Å². The molecule has 0 bridgehead atoms. The van der Waals surface area contributed by atoms with Gasteiger partial charge in [-0.3, -0.25) is 0 Å². The summed E-state index contributed by atoms with van der Waals surface area (Å²) in [6.07, 6.45) is 7.97. The van der Waals surface area contributed by atoms with Crippen molar-refractivity contribution in [2.75, 3.05) is 45.8 Å². The van der Waals surface area contributed by atoms with Crippen molar-refractivity contribution in [2.24, 2.45) is 0 Å². The van der Waals surface area contributed by atoms with E-state index in [4.69, 9.17) is 19.4 Å². The van der Waals surface area contributed by atoms with Gasteiger partial charge in [0.1, 0.15) is 17.9 Å². The van der Waals surface area contributed by atoms with E-state index >= 15 is 0 Å². The number of nitrogens with one attached hydrogen (secondary N) is 1. The molecule has 0 unspecified atom stereocenters. The van der Waals surface area contributed by atoms with Crippen LogP contribution in [0.15, 0.2) is 58.6 Å². The Balaban J connectivity index is 1.39. The minimum Gasteiger partial charge on any atom is -0.492 e. The molecule has 0 atom stereocenters. The van der Waals surface area contributed by atoms with E-state index in [1.807, 2.05) is 44.6 Å². The summed E-state index contributed by atoms with van der Waals surface area (Å²) < 4.78 is 13.7. The summed E-state index contributed by atoms with van der Waals surface area (Å²) in [4.78, 5) is 16.5. The van der Waals surface area contributed by atoms with Crippen molar-refractivity contribution in [1.82, 2.24) is 24.4 Å². The van der Waals surface area contributed by atoms with Gasteiger partial charge in [0.25, 0.3) is 0 Å². The summed E-state index contributed by atoms with van der Waals surface area (Å²) in [5.74, 6) is 1.41. The molecule has 0 saturated carbocycles. The number of anilines is 2. The highest BCUT2D eigenvalue weighted by atomic mass is 32.2. The number of ether oxygens (including phenoxy) is 2. The molecule has 8 nitrogen and oxygen atoms in total. The topological polar surface area (TPSA) is 77.3 Å². The highest BCUT2D eigenvalue weighted by Gasteiger charge is 2.25. The summed E-state index contributed by atoms with van der Waals surface area (Å²) >= 11 is 0. The third kappa shape index (κ3) is 5.05. The van der Waals surface area contributed by atoms with Crippen molar-refractivity contribution in [3.8, 4) is 5.75 Å². The molecule has 0 spiro atoms. The number of rotatable bonds is 8. The molecule has 0 aliphatic carbocycles. The Morgan fingerprint density at radius 3 is 2.61 bits per heavy atom. The van der Waals surface area contributed by atoms with Crippen LogP contribution in [0.2, 0.25) is 0 Å². The zero-order chi connectivity index (χ0) is 22.6. The molecular weight excluding hydrogens is 436 g/mol. The number of allylic oxidation sites excluding steroid dienone is 2. The van der Waals surface area contributed by atoms with Gasteiger partial charge in [-0.1, -0.05) is 12.2 Å². The lowest BCUT2D eigenvalue weighted by molar-refractivity contribution is 0.0683. The third-order valence-corrected chi connectivity index (χ3v) is 7.49. The van der Waals surface area contributed by atoms with Gasteiger partial charge in [-0.15, -0.1) is 0 Å². The van der Waals surface area contributed by atoms with E-state index in [0.717, 1.165) is 60.4 Å². The highest BCUT2D eigenvalue weighted by Crippen LogP contribution is 2.44. The molecule has 33 heavy (non-hydrogen) atoms. The molecule has 1 N–H and O–H groups in total. The molecule has 174 valence electrons. The zero-order valence-corrected chi connectivity index (χ0v) is 19.9. The molecule has 0 radical (unpaired) electrons. The summed E-state index contributed by atoms with van der Waals surface area (Å²) in [6, 6.07) is 8.23. The molecule has 5 rings (SSSR count). The minimum atomic E-state index is -0.559. The number of benzene rings is 1. The predicted octanol–water partition coefficient (Wildman–Crippen LogP) is 4.26.